The normalized spacial score (nSPS) is 12.2. The van der Waals surface area contributed by atoms with Crippen LogP contribution in [0.1, 0.15) is 11.7 Å². The summed E-state index contributed by atoms with van der Waals surface area (Å²) in [6, 6.07) is 13.3. The topological polar surface area (TPSA) is 74.2 Å². The van der Waals surface area contributed by atoms with E-state index in [1.165, 1.54) is 0 Å². The molecule has 0 aliphatic carbocycles. The fourth-order valence-corrected chi connectivity index (χ4v) is 1.70. The Balaban J connectivity index is 2.32. The Morgan fingerprint density at radius 1 is 1.17 bits per heavy atom. The molecule has 0 radical (unpaired) electrons. The van der Waals surface area contributed by atoms with Gasteiger partial charge < -0.3 is 16.2 Å². The molecule has 0 fully saturated rings. The van der Waals surface area contributed by atoms with Crippen LogP contribution in [0.3, 0.4) is 0 Å². The molecule has 18 heavy (non-hydrogen) atoms. The number of nitrogens with zero attached hydrogens (tertiary/aromatic N) is 1. The van der Waals surface area contributed by atoms with Gasteiger partial charge in [0.2, 0.25) is 0 Å². The van der Waals surface area contributed by atoms with Crippen LogP contribution in [-0.4, -0.2) is 18.6 Å². The average molecular weight is 243 g/mol. The van der Waals surface area contributed by atoms with E-state index < -0.39 is 0 Å². The summed E-state index contributed by atoms with van der Waals surface area (Å²) in [5.41, 5.74) is 14.2. The molecule has 1 unspecified atom stereocenters. The zero-order chi connectivity index (χ0) is 13.0. The largest absolute Gasteiger partial charge is 0.497 e. The molecule has 2 aromatic rings. The second kappa shape index (κ2) is 5.62. The van der Waals surface area contributed by atoms with E-state index in [4.69, 9.17) is 16.2 Å². The minimum atomic E-state index is -0.219. The van der Waals surface area contributed by atoms with E-state index in [2.05, 4.69) is 4.98 Å². The Morgan fingerprint density at radius 3 is 2.50 bits per heavy atom. The van der Waals surface area contributed by atoms with Gasteiger partial charge in [-0.3, -0.25) is 4.98 Å². The molecule has 0 saturated heterocycles. The van der Waals surface area contributed by atoms with Crippen LogP contribution < -0.4 is 16.2 Å². The molecule has 0 saturated carbocycles. The third kappa shape index (κ3) is 2.67. The van der Waals surface area contributed by atoms with Crippen LogP contribution >= 0.6 is 0 Å². The molecule has 0 spiro atoms. The Labute approximate surface area is 107 Å². The van der Waals surface area contributed by atoms with E-state index in [9.17, 15) is 0 Å². The number of hydrogen-bond donors (Lipinski definition) is 2. The van der Waals surface area contributed by atoms with Crippen molar-refractivity contribution in [3.8, 4) is 17.0 Å². The predicted molar refractivity (Wildman–Crippen MR) is 72.2 cm³/mol. The zero-order valence-electron chi connectivity index (χ0n) is 10.3. The fraction of sp³-hybridized carbons (Fsp3) is 0.214. The monoisotopic (exact) mass is 243 g/mol. The minimum Gasteiger partial charge on any atom is -0.497 e. The second-order valence-corrected chi connectivity index (χ2v) is 4.02. The van der Waals surface area contributed by atoms with Gasteiger partial charge in [-0.1, -0.05) is 6.07 Å². The Morgan fingerprint density at radius 2 is 1.89 bits per heavy atom. The minimum absolute atomic E-state index is 0.219. The van der Waals surface area contributed by atoms with Gasteiger partial charge in [0.1, 0.15) is 5.75 Å². The standard InChI is InChI=1S/C14H17N3O/c1-18-11-7-5-10(6-8-11)13-3-2-4-14(17-13)12(16)9-15/h2-8,12H,9,15-16H2,1H3. The van der Waals surface area contributed by atoms with Crippen molar-refractivity contribution < 1.29 is 4.74 Å². The van der Waals surface area contributed by atoms with E-state index in [-0.39, 0.29) is 6.04 Å². The molecule has 1 aromatic carbocycles. The van der Waals surface area contributed by atoms with Crippen molar-refractivity contribution in [2.24, 2.45) is 11.5 Å². The third-order valence-electron chi connectivity index (χ3n) is 2.79. The number of nitrogens with two attached hydrogens (primary N) is 2. The lowest BCUT2D eigenvalue weighted by atomic mass is 10.1. The van der Waals surface area contributed by atoms with Gasteiger partial charge in [0.05, 0.1) is 24.5 Å². The zero-order valence-corrected chi connectivity index (χ0v) is 10.3. The fourth-order valence-electron chi connectivity index (χ4n) is 1.70. The van der Waals surface area contributed by atoms with Gasteiger partial charge in [0.25, 0.3) is 0 Å². The quantitative estimate of drug-likeness (QED) is 0.857. The number of ether oxygens (including phenoxy) is 1. The SMILES string of the molecule is COc1ccc(-c2cccc(C(N)CN)n2)cc1. The smallest absolute Gasteiger partial charge is 0.118 e. The Bertz CT molecular complexity index is 511. The highest BCUT2D eigenvalue weighted by Crippen LogP contribution is 2.21. The molecule has 1 aromatic heterocycles. The van der Waals surface area contributed by atoms with E-state index in [1.807, 2.05) is 42.5 Å². The number of hydrogen-bond acceptors (Lipinski definition) is 4. The Hall–Kier alpha value is -1.91. The predicted octanol–water partition coefficient (Wildman–Crippen LogP) is 1.72. The maximum absolute atomic E-state index is 5.88. The van der Waals surface area contributed by atoms with Gasteiger partial charge in [-0.15, -0.1) is 0 Å². The molecule has 2 rings (SSSR count). The van der Waals surface area contributed by atoms with Crippen molar-refractivity contribution in [3.63, 3.8) is 0 Å². The molecular weight excluding hydrogens is 226 g/mol. The van der Waals surface area contributed by atoms with Crippen LogP contribution in [0.5, 0.6) is 5.75 Å². The van der Waals surface area contributed by atoms with E-state index in [1.54, 1.807) is 7.11 Å². The van der Waals surface area contributed by atoms with E-state index >= 15 is 0 Å². The molecule has 4 nitrogen and oxygen atoms in total. The summed E-state index contributed by atoms with van der Waals surface area (Å²) < 4.78 is 5.13. The first-order valence-electron chi connectivity index (χ1n) is 5.81. The molecule has 4 heteroatoms. The van der Waals surface area contributed by atoms with Crippen LogP contribution in [0, 0.1) is 0 Å². The van der Waals surface area contributed by atoms with Crippen LogP contribution in [0.15, 0.2) is 42.5 Å². The first-order valence-corrected chi connectivity index (χ1v) is 5.81. The molecule has 0 amide bonds. The van der Waals surface area contributed by atoms with Gasteiger partial charge >= 0.3 is 0 Å². The molecule has 1 heterocycles. The lowest BCUT2D eigenvalue weighted by Gasteiger charge is -2.10. The van der Waals surface area contributed by atoms with Gasteiger partial charge in [-0.05, 0) is 36.4 Å². The molecule has 0 bridgehead atoms. The summed E-state index contributed by atoms with van der Waals surface area (Å²) >= 11 is 0. The summed E-state index contributed by atoms with van der Waals surface area (Å²) in [5, 5.41) is 0. The number of pyridine rings is 1. The number of aromatic nitrogens is 1. The highest BCUT2D eigenvalue weighted by atomic mass is 16.5. The summed E-state index contributed by atoms with van der Waals surface area (Å²) in [5.74, 6) is 0.827. The lowest BCUT2D eigenvalue weighted by Crippen LogP contribution is -2.21. The van der Waals surface area contributed by atoms with Crippen LogP contribution in [0.4, 0.5) is 0 Å². The van der Waals surface area contributed by atoms with Crippen LogP contribution in [0.2, 0.25) is 0 Å². The van der Waals surface area contributed by atoms with Crippen LogP contribution in [-0.2, 0) is 0 Å². The molecule has 94 valence electrons. The first-order chi connectivity index (χ1) is 8.74. The number of benzene rings is 1. The summed E-state index contributed by atoms with van der Waals surface area (Å²) in [6.45, 7) is 0.388. The van der Waals surface area contributed by atoms with Crippen LogP contribution in [0.25, 0.3) is 11.3 Å². The van der Waals surface area contributed by atoms with Crippen molar-refractivity contribution in [3.05, 3.63) is 48.2 Å². The molecular formula is C14H17N3O. The lowest BCUT2D eigenvalue weighted by molar-refractivity contribution is 0.415. The Kier molecular flexibility index (Phi) is 3.92. The molecule has 4 N–H and O–H groups in total. The molecule has 0 aliphatic heterocycles. The van der Waals surface area contributed by atoms with Crippen molar-refractivity contribution in [1.29, 1.82) is 0 Å². The van der Waals surface area contributed by atoms with Crippen molar-refractivity contribution in [1.82, 2.24) is 4.98 Å². The molecule has 1 atom stereocenters. The maximum atomic E-state index is 5.88. The third-order valence-corrected chi connectivity index (χ3v) is 2.79. The van der Waals surface area contributed by atoms with Gasteiger partial charge in [-0.2, -0.15) is 0 Å². The van der Waals surface area contributed by atoms with Gasteiger partial charge in [-0.25, -0.2) is 0 Å². The number of methoxy groups -OCH3 is 1. The van der Waals surface area contributed by atoms with Gasteiger partial charge in [0.15, 0.2) is 0 Å². The highest BCUT2D eigenvalue weighted by molar-refractivity contribution is 5.60. The average Bonchev–Trinajstić information content (AvgIpc) is 2.46. The van der Waals surface area contributed by atoms with Gasteiger partial charge in [0, 0.05) is 12.1 Å². The maximum Gasteiger partial charge on any atom is 0.118 e. The summed E-state index contributed by atoms with van der Waals surface area (Å²) in [6.07, 6.45) is 0. The second-order valence-electron chi connectivity index (χ2n) is 4.02. The van der Waals surface area contributed by atoms with E-state index in [0.717, 1.165) is 22.7 Å². The first kappa shape index (κ1) is 12.5. The van der Waals surface area contributed by atoms with Crippen molar-refractivity contribution in [2.75, 3.05) is 13.7 Å². The summed E-state index contributed by atoms with van der Waals surface area (Å²) in [7, 11) is 1.65. The highest BCUT2D eigenvalue weighted by Gasteiger charge is 2.07. The van der Waals surface area contributed by atoms with Crippen molar-refractivity contribution in [2.45, 2.75) is 6.04 Å². The van der Waals surface area contributed by atoms with Crippen molar-refractivity contribution >= 4 is 0 Å². The van der Waals surface area contributed by atoms with E-state index in [0.29, 0.717) is 6.54 Å². The molecule has 0 aliphatic rings. The number of rotatable bonds is 4. The summed E-state index contributed by atoms with van der Waals surface area (Å²) in [4.78, 5) is 4.52.